The third kappa shape index (κ3) is 2.06. The van der Waals surface area contributed by atoms with Gasteiger partial charge in [-0.1, -0.05) is 30.3 Å². The standard InChI is InChI=1S/C13H10N4O/c1-2-5-11(6-3-1)13-16-14-10-17(13)15-9-12-7-4-8-18-12/h1-10H/b15-9-. The lowest BCUT2D eigenvalue weighted by atomic mass is 10.2. The van der Waals surface area contributed by atoms with E-state index in [0.29, 0.717) is 11.6 Å². The van der Waals surface area contributed by atoms with Gasteiger partial charge in [-0.2, -0.15) is 9.78 Å². The highest BCUT2D eigenvalue weighted by Gasteiger charge is 2.05. The predicted octanol–water partition coefficient (Wildman–Crippen LogP) is 2.42. The van der Waals surface area contributed by atoms with Gasteiger partial charge in [0.2, 0.25) is 0 Å². The lowest BCUT2D eigenvalue weighted by molar-refractivity contribution is 0.559. The molecule has 0 bridgehead atoms. The maximum Gasteiger partial charge on any atom is 0.184 e. The van der Waals surface area contributed by atoms with Crippen LogP contribution >= 0.6 is 0 Å². The lowest BCUT2D eigenvalue weighted by Crippen LogP contribution is -1.92. The summed E-state index contributed by atoms with van der Waals surface area (Å²) in [4.78, 5) is 0. The minimum Gasteiger partial charge on any atom is -0.463 e. The molecule has 0 unspecified atom stereocenters. The minimum atomic E-state index is 0.683. The molecule has 0 radical (unpaired) electrons. The normalized spacial score (nSPS) is 11.1. The van der Waals surface area contributed by atoms with Gasteiger partial charge in [-0.25, -0.2) is 0 Å². The van der Waals surface area contributed by atoms with Crippen LogP contribution in [0, 0.1) is 0 Å². The van der Waals surface area contributed by atoms with Crippen LogP contribution in [0.5, 0.6) is 0 Å². The molecular weight excluding hydrogens is 228 g/mol. The van der Waals surface area contributed by atoms with Crippen LogP contribution in [0.1, 0.15) is 5.76 Å². The maximum atomic E-state index is 5.17. The first-order chi connectivity index (χ1) is 8.93. The SMILES string of the molecule is C(=N/n1cnnc1-c1ccccc1)/c1ccco1. The van der Waals surface area contributed by atoms with E-state index in [4.69, 9.17) is 4.42 Å². The summed E-state index contributed by atoms with van der Waals surface area (Å²) in [5.41, 5.74) is 0.964. The smallest absolute Gasteiger partial charge is 0.184 e. The number of benzene rings is 1. The summed E-state index contributed by atoms with van der Waals surface area (Å²) in [5, 5.41) is 12.2. The fourth-order valence-electron chi connectivity index (χ4n) is 1.58. The minimum absolute atomic E-state index is 0.683. The van der Waals surface area contributed by atoms with Gasteiger partial charge in [0.05, 0.1) is 12.5 Å². The van der Waals surface area contributed by atoms with Crippen molar-refractivity contribution in [3.05, 3.63) is 60.8 Å². The Morgan fingerprint density at radius 3 is 2.78 bits per heavy atom. The molecule has 5 heteroatoms. The fourth-order valence-corrected chi connectivity index (χ4v) is 1.58. The molecule has 0 fully saturated rings. The van der Waals surface area contributed by atoms with Crippen molar-refractivity contribution >= 4 is 6.21 Å². The second kappa shape index (κ2) is 4.67. The molecule has 0 aliphatic carbocycles. The van der Waals surface area contributed by atoms with E-state index < -0.39 is 0 Å². The highest BCUT2D eigenvalue weighted by atomic mass is 16.3. The monoisotopic (exact) mass is 238 g/mol. The number of aromatic nitrogens is 3. The van der Waals surface area contributed by atoms with Gasteiger partial charge < -0.3 is 4.42 Å². The van der Waals surface area contributed by atoms with Crippen LogP contribution in [-0.4, -0.2) is 21.1 Å². The van der Waals surface area contributed by atoms with Gasteiger partial charge >= 0.3 is 0 Å². The predicted molar refractivity (Wildman–Crippen MR) is 67.2 cm³/mol. The maximum absolute atomic E-state index is 5.17. The van der Waals surface area contributed by atoms with Crippen LogP contribution in [0.3, 0.4) is 0 Å². The van der Waals surface area contributed by atoms with E-state index in [1.165, 1.54) is 0 Å². The number of nitrogens with zero attached hydrogens (tertiary/aromatic N) is 4. The topological polar surface area (TPSA) is 56.2 Å². The van der Waals surface area contributed by atoms with Crippen LogP contribution in [0.4, 0.5) is 0 Å². The first kappa shape index (κ1) is 10.5. The van der Waals surface area contributed by atoms with Gasteiger partial charge in [0.15, 0.2) is 5.82 Å². The van der Waals surface area contributed by atoms with E-state index in [1.807, 2.05) is 42.5 Å². The van der Waals surface area contributed by atoms with Crippen LogP contribution < -0.4 is 0 Å². The Bertz CT molecular complexity index is 641. The summed E-state index contributed by atoms with van der Waals surface area (Å²) in [6.45, 7) is 0. The van der Waals surface area contributed by atoms with Crippen molar-refractivity contribution in [1.29, 1.82) is 0 Å². The zero-order valence-electron chi connectivity index (χ0n) is 9.47. The second-order valence-corrected chi connectivity index (χ2v) is 3.63. The van der Waals surface area contributed by atoms with Crippen molar-refractivity contribution in [2.45, 2.75) is 0 Å². The zero-order valence-corrected chi connectivity index (χ0v) is 9.47. The molecule has 0 atom stereocenters. The van der Waals surface area contributed by atoms with E-state index in [0.717, 1.165) is 5.56 Å². The van der Waals surface area contributed by atoms with E-state index in [2.05, 4.69) is 15.3 Å². The molecule has 1 aromatic carbocycles. The molecule has 5 nitrogen and oxygen atoms in total. The molecule has 0 aliphatic heterocycles. The van der Waals surface area contributed by atoms with Crippen molar-refractivity contribution < 1.29 is 4.42 Å². The van der Waals surface area contributed by atoms with Gasteiger partial charge in [-0.15, -0.1) is 10.2 Å². The van der Waals surface area contributed by atoms with Crippen molar-refractivity contribution in [3.63, 3.8) is 0 Å². The van der Waals surface area contributed by atoms with E-state index in [9.17, 15) is 0 Å². The summed E-state index contributed by atoms with van der Waals surface area (Å²) in [6.07, 6.45) is 4.78. The van der Waals surface area contributed by atoms with Crippen molar-refractivity contribution in [3.8, 4) is 11.4 Å². The highest BCUT2D eigenvalue weighted by Crippen LogP contribution is 2.15. The van der Waals surface area contributed by atoms with E-state index in [-0.39, 0.29) is 0 Å². The fraction of sp³-hybridized carbons (Fsp3) is 0. The summed E-state index contributed by atoms with van der Waals surface area (Å²) >= 11 is 0. The molecule has 0 saturated heterocycles. The average Bonchev–Trinajstić information content (AvgIpc) is 3.09. The Morgan fingerprint density at radius 2 is 2.00 bits per heavy atom. The van der Waals surface area contributed by atoms with Gasteiger partial charge in [0, 0.05) is 5.56 Å². The largest absolute Gasteiger partial charge is 0.463 e. The molecule has 88 valence electrons. The van der Waals surface area contributed by atoms with Gasteiger partial charge in [0.25, 0.3) is 0 Å². The Hall–Kier alpha value is -2.69. The molecule has 0 saturated carbocycles. The molecule has 18 heavy (non-hydrogen) atoms. The third-order valence-corrected chi connectivity index (χ3v) is 2.42. The van der Waals surface area contributed by atoms with Crippen LogP contribution in [0.2, 0.25) is 0 Å². The first-order valence-corrected chi connectivity index (χ1v) is 5.47. The Kier molecular flexibility index (Phi) is 2.71. The Morgan fingerprint density at radius 1 is 1.11 bits per heavy atom. The molecule has 2 heterocycles. The molecular formula is C13H10N4O. The van der Waals surface area contributed by atoms with Crippen molar-refractivity contribution in [1.82, 2.24) is 14.9 Å². The highest BCUT2D eigenvalue weighted by molar-refractivity contribution is 5.75. The van der Waals surface area contributed by atoms with E-state index in [1.54, 1.807) is 23.5 Å². The third-order valence-electron chi connectivity index (χ3n) is 2.42. The van der Waals surface area contributed by atoms with Crippen LogP contribution in [-0.2, 0) is 0 Å². The average molecular weight is 238 g/mol. The summed E-state index contributed by atoms with van der Waals surface area (Å²) in [6, 6.07) is 13.4. The molecule has 0 spiro atoms. The summed E-state index contributed by atoms with van der Waals surface area (Å²) in [5.74, 6) is 1.38. The first-order valence-electron chi connectivity index (χ1n) is 5.47. The summed E-state index contributed by atoms with van der Waals surface area (Å²) in [7, 11) is 0. The van der Waals surface area contributed by atoms with Crippen molar-refractivity contribution in [2.75, 3.05) is 0 Å². The van der Waals surface area contributed by atoms with Crippen LogP contribution in [0.25, 0.3) is 11.4 Å². The van der Waals surface area contributed by atoms with Crippen molar-refractivity contribution in [2.24, 2.45) is 5.10 Å². The Labute approximate surface area is 103 Å². The molecule has 0 N–H and O–H groups in total. The van der Waals surface area contributed by atoms with Gasteiger partial charge in [-0.05, 0) is 12.1 Å². The molecule has 3 aromatic rings. The van der Waals surface area contributed by atoms with Gasteiger partial charge in [-0.3, -0.25) is 0 Å². The van der Waals surface area contributed by atoms with E-state index >= 15 is 0 Å². The lowest BCUT2D eigenvalue weighted by Gasteiger charge is -1.99. The molecule has 0 amide bonds. The number of furan rings is 1. The van der Waals surface area contributed by atoms with Crippen LogP contribution in [0.15, 0.2) is 64.6 Å². The van der Waals surface area contributed by atoms with Gasteiger partial charge in [0.1, 0.15) is 12.1 Å². The Balaban J connectivity index is 1.93. The zero-order chi connectivity index (χ0) is 12.2. The summed E-state index contributed by atoms with van der Waals surface area (Å²) < 4.78 is 6.78. The molecule has 2 aromatic heterocycles. The number of hydrogen-bond acceptors (Lipinski definition) is 4. The molecule has 0 aliphatic rings. The quantitative estimate of drug-likeness (QED) is 0.658. The number of hydrogen-bond donors (Lipinski definition) is 0. The number of rotatable bonds is 3. The molecule has 3 rings (SSSR count). The second-order valence-electron chi connectivity index (χ2n) is 3.63.